The summed E-state index contributed by atoms with van der Waals surface area (Å²) in [5.74, 6) is 0.332. The Kier molecular flexibility index (Phi) is 3.92. The molecule has 1 aliphatic heterocycles. The average molecular weight is 314 g/mol. The summed E-state index contributed by atoms with van der Waals surface area (Å²) < 4.78 is 2.78. The van der Waals surface area contributed by atoms with Crippen LogP contribution >= 0.6 is 15.9 Å². The summed E-state index contributed by atoms with van der Waals surface area (Å²) in [7, 11) is 1.89. The predicted molar refractivity (Wildman–Crippen MR) is 74.6 cm³/mol. The number of hydrogen-bond donors (Lipinski definition) is 1. The van der Waals surface area contributed by atoms with Crippen LogP contribution in [0, 0.1) is 12.3 Å². The molecule has 4 nitrogen and oxygen atoms in total. The molecule has 1 aromatic rings. The lowest BCUT2D eigenvalue weighted by molar-refractivity contribution is -0.127. The lowest BCUT2D eigenvalue weighted by Crippen LogP contribution is -2.34. The maximum absolute atomic E-state index is 12.6. The molecule has 0 aliphatic carbocycles. The van der Waals surface area contributed by atoms with Crippen LogP contribution in [0.25, 0.3) is 0 Å². The molecule has 0 saturated carbocycles. The van der Waals surface area contributed by atoms with Crippen molar-refractivity contribution in [2.24, 2.45) is 12.5 Å². The summed E-state index contributed by atoms with van der Waals surface area (Å²) in [6.07, 6.45) is 2.33. The summed E-state index contributed by atoms with van der Waals surface area (Å²) in [5, 5.41) is 7.65. The van der Waals surface area contributed by atoms with E-state index in [1.54, 1.807) is 0 Å². The van der Waals surface area contributed by atoms with Gasteiger partial charge in [0.2, 0.25) is 0 Å². The quantitative estimate of drug-likeness (QED) is 0.924. The summed E-state index contributed by atoms with van der Waals surface area (Å²) in [6.45, 7) is 5.82. The molecule has 100 valence electrons. The van der Waals surface area contributed by atoms with Gasteiger partial charge >= 0.3 is 0 Å². The second-order valence-corrected chi connectivity index (χ2v) is 5.92. The largest absolute Gasteiger partial charge is 0.316 e. The lowest BCUT2D eigenvalue weighted by Gasteiger charge is -2.24. The molecule has 1 N–H and O–H groups in total. The smallest absolute Gasteiger partial charge is 0.146 e. The molecule has 1 aliphatic rings. The van der Waals surface area contributed by atoms with E-state index in [4.69, 9.17) is 0 Å². The van der Waals surface area contributed by atoms with Crippen molar-refractivity contribution in [2.45, 2.75) is 33.1 Å². The van der Waals surface area contributed by atoms with E-state index in [-0.39, 0.29) is 5.41 Å². The van der Waals surface area contributed by atoms with Crippen LogP contribution in [0.2, 0.25) is 0 Å². The molecular weight excluding hydrogens is 294 g/mol. The first-order valence-electron chi connectivity index (χ1n) is 6.42. The highest BCUT2D eigenvalue weighted by Crippen LogP contribution is 2.33. The van der Waals surface area contributed by atoms with E-state index in [0.717, 1.165) is 41.8 Å². The van der Waals surface area contributed by atoms with Gasteiger partial charge < -0.3 is 5.32 Å². The fraction of sp³-hybridized carbons (Fsp3) is 0.692. The number of hydrogen-bond acceptors (Lipinski definition) is 3. The zero-order chi connectivity index (χ0) is 13.3. The lowest BCUT2D eigenvalue weighted by atomic mass is 9.78. The Balaban J connectivity index is 2.21. The Morgan fingerprint density at radius 2 is 2.33 bits per heavy atom. The summed E-state index contributed by atoms with van der Waals surface area (Å²) >= 11 is 3.53. The van der Waals surface area contributed by atoms with E-state index in [2.05, 4.69) is 33.3 Å². The molecule has 2 heterocycles. The van der Waals surface area contributed by atoms with Crippen LogP contribution in [0.15, 0.2) is 4.47 Å². The molecule has 1 fully saturated rings. The molecule has 0 bridgehead atoms. The third-order valence-corrected chi connectivity index (χ3v) is 5.13. The van der Waals surface area contributed by atoms with Crippen LogP contribution in [-0.4, -0.2) is 28.7 Å². The minimum atomic E-state index is -0.169. The van der Waals surface area contributed by atoms with Gasteiger partial charge in [-0.15, -0.1) is 0 Å². The number of carbonyl (C=O) groups excluding carboxylic acids is 1. The highest BCUT2D eigenvalue weighted by Gasteiger charge is 2.39. The van der Waals surface area contributed by atoms with Crippen molar-refractivity contribution in [3.63, 3.8) is 0 Å². The van der Waals surface area contributed by atoms with Gasteiger partial charge in [-0.25, -0.2) is 0 Å². The molecule has 1 aromatic heterocycles. The second-order valence-electron chi connectivity index (χ2n) is 5.13. The van der Waals surface area contributed by atoms with Gasteiger partial charge in [0.1, 0.15) is 5.78 Å². The monoisotopic (exact) mass is 313 g/mol. The number of aryl methyl sites for hydroxylation is 2. The van der Waals surface area contributed by atoms with Crippen LogP contribution in [0.4, 0.5) is 0 Å². The third kappa shape index (κ3) is 2.26. The Morgan fingerprint density at radius 3 is 2.78 bits per heavy atom. The topological polar surface area (TPSA) is 46.9 Å². The first-order chi connectivity index (χ1) is 8.50. The fourth-order valence-corrected chi connectivity index (χ4v) is 3.17. The summed E-state index contributed by atoms with van der Waals surface area (Å²) in [5.41, 5.74) is 1.75. The fourth-order valence-electron chi connectivity index (χ4n) is 2.69. The molecule has 1 saturated heterocycles. The van der Waals surface area contributed by atoms with Gasteiger partial charge in [0, 0.05) is 19.0 Å². The highest BCUT2D eigenvalue weighted by molar-refractivity contribution is 9.10. The Hall–Kier alpha value is -0.680. The molecule has 0 amide bonds. The first-order valence-corrected chi connectivity index (χ1v) is 7.21. The van der Waals surface area contributed by atoms with Crippen molar-refractivity contribution in [1.29, 1.82) is 0 Å². The number of nitrogens with zero attached hydrogens (tertiary/aromatic N) is 2. The summed E-state index contributed by atoms with van der Waals surface area (Å²) in [4.78, 5) is 12.6. The Bertz CT molecular complexity index is 461. The van der Waals surface area contributed by atoms with Gasteiger partial charge in [-0.05, 0) is 42.2 Å². The van der Waals surface area contributed by atoms with E-state index in [1.165, 1.54) is 0 Å². The third-order valence-electron chi connectivity index (χ3n) is 4.10. The maximum Gasteiger partial charge on any atom is 0.146 e. The Labute approximate surface area is 116 Å². The summed E-state index contributed by atoms with van der Waals surface area (Å²) in [6, 6.07) is 0. The normalized spacial score (nSPS) is 23.6. The van der Waals surface area contributed by atoms with Gasteiger partial charge in [0.15, 0.2) is 0 Å². The standard InChI is InChI=1S/C13H20BrN3O/c1-4-13(5-6-15-8-13)11(18)7-10-12(14)9(2)16-17(10)3/h15H,4-8H2,1-3H3. The van der Waals surface area contributed by atoms with Crippen molar-refractivity contribution in [1.82, 2.24) is 15.1 Å². The van der Waals surface area contributed by atoms with E-state index < -0.39 is 0 Å². The van der Waals surface area contributed by atoms with E-state index in [9.17, 15) is 4.79 Å². The van der Waals surface area contributed by atoms with Crippen LogP contribution in [0.1, 0.15) is 31.2 Å². The number of halogens is 1. The second kappa shape index (κ2) is 5.13. The van der Waals surface area contributed by atoms with Crippen molar-refractivity contribution in [3.8, 4) is 0 Å². The zero-order valence-corrected chi connectivity index (χ0v) is 12.8. The van der Waals surface area contributed by atoms with Gasteiger partial charge in [0.05, 0.1) is 22.3 Å². The van der Waals surface area contributed by atoms with Crippen molar-refractivity contribution in [2.75, 3.05) is 13.1 Å². The van der Waals surface area contributed by atoms with Crippen LogP contribution in [0.5, 0.6) is 0 Å². The van der Waals surface area contributed by atoms with Crippen molar-refractivity contribution >= 4 is 21.7 Å². The molecule has 0 aromatic carbocycles. The molecule has 0 radical (unpaired) electrons. The molecule has 0 spiro atoms. The van der Waals surface area contributed by atoms with Crippen molar-refractivity contribution in [3.05, 3.63) is 15.9 Å². The van der Waals surface area contributed by atoms with Gasteiger partial charge in [0.25, 0.3) is 0 Å². The minimum Gasteiger partial charge on any atom is -0.316 e. The number of rotatable bonds is 4. The predicted octanol–water partition coefficient (Wildman–Crippen LogP) is 1.99. The molecule has 18 heavy (non-hydrogen) atoms. The molecule has 1 atom stereocenters. The minimum absolute atomic E-state index is 0.169. The van der Waals surface area contributed by atoms with Crippen LogP contribution in [0.3, 0.4) is 0 Å². The van der Waals surface area contributed by atoms with E-state index in [0.29, 0.717) is 12.2 Å². The highest BCUT2D eigenvalue weighted by atomic mass is 79.9. The average Bonchev–Trinajstić information content (AvgIpc) is 2.91. The number of nitrogens with one attached hydrogen (secondary N) is 1. The number of carbonyl (C=O) groups is 1. The number of ketones is 1. The van der Waals surface area contributed by atoms with E-state index >= 15 is 0 Å². The molecule has 2 rings (SSSR count). The van der Waals surface area contributed by atoms with Crippen LogP contribution in [-0.2, 0) is 18.3 Å². The number of Topliss-reactive ketones (excluding diaryl/α,β-unsaturated/α-hetero) is 1. The van der Waals surface area contributed by atoms with Gasteiger partial charge in [-0.1, -0.05) is 6.92 Å². The van der Waals surface area contributed by atoms with Gasteiger partial charge in [-0.2, -0.15) is 5.10 Å². The molecule has 1 unspecified atom stereocenters. The van der Waals surface area contributed by atoms with E-state index in [1.807, 2.05) is 18.7 Å². The first kappa shape index (κ1) is 13.7. The van der Waals surface area contributed by atoms with Gasteiger partial charge in [-0.3, -0.25) is 9.48 Å². The Morgan fingerprint density at radius 1 is 1.61 bits per heavy atom. The SMILES string of the molecule is CCC1(C(=O)Cc2c(Br)c(C)nn2C)CCNC1. The van der Waals surface area contributed by atoms with Crippen LogP contribution < -0.4 is 5.32 Å². The number of aromatic nitrogens is 2. The zero-order valence-electron chi connectivity index (χ0n) is 11.2. The molecule has 5 heteroatoms. The maximum atomic E-state index is 12.6. The molecular formula is C13H20BrN3O. The van der Waals surface area contributed by atoms with Crippen molar-refractivity contribution < 1.29 is 4.79 Å².